The molecule has 0 radical (unpaired) electrons. The molecule has 5 heteroatoms. The number of fused-ring (bicyclic) bond motifs is 1. The number of aromatic nitrogens is 2. The third kappa shape index (κ3) is 1.87. The molecule has 2 aromatic heterocycles. The zero-order valence-electron chi connectivity index (χ0n) is 8.07. The minimum Gasteiger partial charge on any atom is -0.481 e. The van der Waals surface area contributed by atoms with Gasteiger partial charge in [0, 0.05) is 12.4 Å². The molecule has 0 unspecified atom stereocenters. The normalized spacial score (nSPS) is 10.8. The van der Waals surface area contributed by atoms with Crippen molar-refractivity contribution in [2.24, 2.45) is 0 Å². The Morgan fingerprint density at radius 3 is 3.07 bits per heavy atom. The topological polar surface area (TPSA) is 54.6 Å². The molecule has 0 aromatic carbocycles. The Labute approximate surface area is 94.7 Å². The molecule has 2 heterocycles. The summed E-state index contributed by atoms with van der Waals surface area (Å²) in [7, 11) is 0. The van der Waals surface area contributed by atoms with E-state index in [9.17, 15) is 4.79 Å². The van der Waals surface area contributed by atoms with Crippen LogP contribution in [-0.4, -0.2) is 20.5 Å². The molecule has 15 heavy (non-hydrogen) atoms. The Kier molecular flexibility index (Phi) is 2.48. The van der Waals surface area contributed by atoms with E-state index < -0.39 is 5.97 Å². The summed E-state index contributed by atoms with van der Waals surface area (Å²) in [6, 6.07) is 1.95. The van der Waals surface area contributed by atoms with Crippen LogP contribution >= 0.6 is 15.9 Å². The molecule has 0 fully saturated rings. The molecule has 0 amide bonds. The highest BCUT2D eigenvalue weighted by molar-refractivity contribution is 9.10. The molecule has 0 saturated carbocycles. The third-order valence-corrected chi connectivity index (χ3v) is 2.69. The van der Waals surface area contributed by atoms with Crippen molar-refractivity contribution in [2.75, 3.05) is 0 Å². The number of aliphatic carboxylic acids is 1. The highest BCUT2D eigenvalue weighted by Gasteiger charge is 2.09. The van der Waals surface area contributed by atoms with Gasteiger partial charge in [-0.2, -0.15) is 0 Å². The fourth-order valence-corrected chi connectivity index (χ4v) is 2.16. The molecule has 0 aliphatic heterocycles. The number of imidazole rings is 1. The fourth-order valence-electron chi connectivity index (χ4n) is 1.51. The lowest BCUT2D eigenvalue weighted by atomic mass is 10.3. The van der Waals surface area contributed by atoms with Crippen LogP contribution in [-0.2, 0) is 11.2 Å². The average Bonchev–Trinajstić information content (AvgIpc) is 2.48. The number of carboxylic acids is 1. The maximum atomic E-state index is 10.6. The first kappa shape index (κ1) is 10.2. The number of rotatable bonds is 2. The summed E-state index contributed by atoms with van der Waals surface area (Å²) in [5.41, 5.74) is 2.48. The molecule has 0 aliphatic carbocycles. The zero-order chi connectivity index (χ0) is 11.0. The van der Waals surface area contributed by atoms with Gasteiger partial charge in [0.1, 0.15) is 0 Å². The lowest BCUT2D eigenvalue weighted by Crippen LogP contribution is -2.03. The third-order valence-electron chi connectivity index (χ3n) is 2.11. The van der Waals surface area contributed by atoms with E-state index in [1.165, 1.54) is 0 Å². The first-order valence-corrected chi connectivity index (χ1v) is 5.21. The van der Waals surface area contributed by atoms with Gasteiger partial charge in [0.05, 0.1) is 16.6 Å². The van der Waals surface area contributed by atoms with Crippen molar-refractivity contribution in [1.29, 1.82) is 0 Å². The van der Waals surface area contributed by atoms with Gasteiger partial charge < -0.3 is 9.51 Å². The van der Waals surface area contributed by atoms with E-state index in [2.05, 4.69) is 20.9 Å². The second kappa shape index (κ2) is 3.66. The van der Waals surface area contributed by atoms with Gasteiger partial charge in [0.25, 0.3) is 0 Å². The smallest absolute Gasteiger partial charge is 0.309 e. The zero-order valence-corrected chi connectivity index (χ0v) is 9.65. The van der Waals surface area contributed by atoms with E-state index >= 15 is 0 Å². The second-order valence-electron chi connectivity index (χ2n) is 3.38. The minimum absolute atomic E-state index is 0.0168. The van der Waals surface area contributed by atoms with Crippen LogP contribution in [0.25, 0.3) is 5.65 Å². The van der Waals surface area contributed by atoms with Crippen LogP contribution in [0, 0.1) is 6.92 Å². The number of carbonyl (C=O) groups is 1. The van der Waals surface area contributed by atoms with Gasteiger partial charge in [0.15, 0.2) is 5.65 Å². The Balaban J connectivity index is 2.63. The number of halogens is 1. The van der Waals surface area contributed by atoms with Crippen LogP contribution in [0.1, 0.15) is 11.3 Å². The van der Waals surface area contributed by atoms with Gasteiger partial charge in [-0.1, -0.05) is 0 Å². The van der Waals surface area contributed by atoms with Crippen molar-refractivity contribution >= 4 is 27.5 Å². The fraction of sp³-hybridized carbons (Fsp3) is 0.200. The van der Waals surface area contributed by atoms with Crippen molar-refractivity contribution in [3.63, 3.8) is 0 Å². The number of pyridine rings is 1. The van der Waals surface area contributed by atoms with Gasteiger partial charge in [0.2, 0.25) is 0 Å². The van der Waals surface area contributed by atoms with Crippen LogP contribution < -0.4 is 0 Å². The molecule has 2 rings (SSSR count). The minimum atomic E-state index is -0.852. The van der Waals surface area contributed by atoms with Gasteiger partial charge in [-0.05, 0) is 34.5 Å². The van der Waals surface area contributed by atoms with Gasteiger partial charge in [-0.15, -0.1) is 0 Å². The standard InChI is InChI=1S/C10H9BrN2O2/c1-6-2-8(11)10-12-4-7(3-9(14)15)13(10)5-6/h2,4-5H,3H2,1H3,(H,14,15). The SMILES string of the molecule is Cc1cc(Br)c2ncc(CC(=O)O)n2c1. The molecule has 0 bridgehead atoms. The summed E-state index contributed by atoms with van der Waals surface area (Å²) in [6.45, 7) is 1.95. The van der Waals surface area contributed by atoms with Gasteiger partial charge in [-0.3, -0.25) is 4.79 Å². The van der Waals surface area contributed by atoms with Crippen LogP contribution in [0.3, 0.4) is 0 Å². The molecule has 0 saturated heterocycles. The maximum absolute atomic E-state index is 10.6. The highest BCUT2D eigenvalue weighted by atomic mass is 79.9. The monoisotopic (exact) mass is 268 g/mol. The molecule has 4 nitrogen and oxygen atoms in total. The summed E-state index contributed by atoms with van der Waals surface area (Å²) in [6.07, 6.45) is 3.45. The Morgan fingerprint density at radius 2 is 2.40 bits per heavy atom. The van der Waals surface area contributed by atoms with Gasteiger partial charge in [-0.25, -0.2) is 4.98 Å². The summed E-state index contributed by atoms with van der Waals surface area (Å²) < 4.78 is 2.67. The Morgan fingerprint density at radius 1 is 1.67 bits per heavy atom. The molecule has 1 N–H and O–H groups in total. The lowest BCUT2D eigenvalue weighted by molar-refractivity contribution is -0.136. The summed E-state index contributed by atoms with van der Waals surface area (Å²) in [4.78, 5) is 14.8. The summed E-state index contributed by atoms with van der Waals surface area (Å²) >= 11 is 3.40. The molecular weight excluding hydrogens is 260 g/mol. The summed E-state index contributed by atoms with van der Waals surface area (Å²) in [5.74, 6) is -0.852. The van der Waals surface area contributed by atoms with Gasteiger partial charge >= 0.3 is 5.97 Å². The second-order valence-corrected chi connectivity index (χ2v) is 4.23. The number of nitrogens with zero attached hydrogens (tertiary/aromatic N) is 2. The van der Waals surface area contributed by atoms with Crippen LogP contribution in [0.4, 0.5) is 0 Å². The predicted octanol–water partition coefficient (Wildman–Crippen LogP) is 2.03. The quantitative estimate of drug-likeness (QED) is 0.907. The first-order valence-electron chi connectivity index (χ1n) is 4.42. The Hall–Kier alpha value is -1.36. The maximum Gasteiger partial charge on any atom is 0.309 e. The average molecular weight is 269 g/mol. The number of hydrogen-bond acceptors (Lipinski definition) is 2. The molecule has 2 aromatic rings. The molecule has 0 atom stereocenters. The van der Waals surface area contributed by atoms with Crippen molar-refractivity contribution in [1.82, 2.24) is 9.38 Å². The largest absolute Gasteiger partial charge is 0.481 e. The van der Waals surface area contributed by atoms with Crippen molar-refractivity contribution in [2.45, 2.75) is 13.3 Å². The number of hydrogen-bond donors (Lipinski definition) is 1. The Bertz CT molecular complexity index is 533. The molecule has 0 spiro atoms. The molecule has 78 valence electrons. The predicted molar refractivity (Wildman–Crippen MR) is 59.0 cm³/mol. The van der Waals surface area contributed by atoms with E-state index in [0.29, 0.717) is 5.69 Å². The molecular formula is C10H9BrN2O2. The first-order chi connectivity index (χ1) is 7.08. The van der Waals surface area contributed by atoms with E-state index in [4.69, 9.17) is 5.11 Å². The van der Waals surface area contributed by atoms with Crippen molar-refractivity contribution < 1.29 is 9.90 Å². The van der Waals surface area contributed by atoms with Crippen molar-refractivity contribution in [3.8, 4) is 0 Å². The van der Waals surface area contributed by atoms with E-state index in [-0.39, 0.29) is 6.42 Å². The van der Waals surface area contributed by atoms with E-state index in [1.807, 2.05) is 19.2 Å². The molecule has 0 aliphatic rings. The highest BCUT2D eigenvalue weighted by Crippen LogP contribution is 2.20. The lowest BCUT2D eigenvalue weighted by Gasteiger charge is -2.02. The van der Waals surface area contributed by atoms with E-state index in [0.717, 1.165) is 15.7 Å². The van der Waals surface area contributed by atoms with E-state index in [1.54, 1.807) is 10.6 Å². The van der Waals surface area contributed by atoms with Crippen LogP contribution in [0.2, 0.25) is 0 Å². The van der Waals surface area contributed by atoms with Crippen LogP contribution in [0.15, 0.2) is 22.9 Å². The van der Waals surface area contributed by atoms with Crippen molar-refractivity contribution in [3.05, 3.63) is 34.2 Å². The number of carboxylic acid groups (broad SMARTS) is 1. The number of aryl methyl sites for hydroxylation is 1. The van der Waals surface area contributed by atoms with Crippen LogP contribution in [0.5, 0.6) is 0 Å². The summed E-state index contributed by atoms with van der Waals surface area (Å²) in [5, 5.41) is 8.73.